The van der Waals surface area contributed by atoms with Gasteiger partial charge < -0.3 is 10.5 Å². The fraction of sp³-hybridized carbons (Fsp3) is 0.875. The van der Waals surface area contributed by atoms with Crippen molar-refractivity contribution in [2.75, 3.05) is 32.8 Å². The highest BCUT2D eigenvalue weighted by molar-refractivity contribution is 5.85. The van der Waals surface area contributed by atoms with Gasteiger partial charge in [0.25, 0.3) is 0 Å². The highest BCUT2D eigenvalue weighted by Gasteiger charge is 2.11. The first-order valence-electron chi connectivity index (χ1n) is 4.65. The Morgan fingerprint density at radius 1 is 1.43 bits per heavy atom. The molecule has 1 aliphatic rings. The predicted octanol–water partition coefficient (Wildman–Crippen LogP) is -0.489. The van der Waals surface area contributed by atoms with E-state index in [1.54, 1.807) is 0 Å². The van der Waals surface area contributed by atoms with Crippen LogP contribution in [-0.2, 0) is 9.53 Å². The number of halogens is 1. The molecule has 0 aromatic heterocycles. The Morgan fingerprint density at radius 2 is 2.07 bits per heavy atom. The molecule has 0 aromatic carbocycles. The third-order valence-corrected chi connectivity index (χ3v) is 1.90. The second kappa shape index (κ2) is 7.99. The lowest BCUT2D eigenvalue weighted by molar-refractivity contribution is -0.128. The van der Waals surface area contributed by atoms with Gasteiger partial charge in [-0.1, -0.05) is 0 Å². The van der Waals surface area contributed by atoms with Crippen molar-refractivity contribution in [1.29, 1.82) is 0 Å². The average molecular weight is 224 g/mol. The van der Waals surface area contributed by atoms with E-state index in [-0.39, 0.29) is 18.3 Å². The van der Waals surface area contributed by atoms with Gasteiger partial charge >= 0.3 is 0 Å². The van der Waals surface area contributed by atoms with Crippen LogP contribution in [0.1, 0.15) is 12.8 Å². The molecule has 0 unspecified atom stereocenters. The van der Waals surface area contributed by atoms with Gasteiger partial charge in [0, 0.05) is 19.5 Å². The lowest BCUT2D eigenvalue weighted by Crippen LogP contribution is -2.48. The highest BCUT2D eigenvalue weighted by Crippen LogP contribution is 1.94. The van der Waals surface area contributed by atoms with Crippen LogP contribution < -0.4 is 11.2 Å². The number of ether oxygens (including phenoxy) is 1. The zero-order valence-corrected chi connectivity index (χ0v) is 9.02. The van der Waals surface area contributed by atoms with Crippen molar-refractivity contribution in [2.24, 2.45) is 5.73 Å². The summed E-state index contributed by atoms with van der Waals surface area (Å²) < 4.78 is 5.15. The molecule has 0 bridgehead atoms. The number of rotatable bonds is 4. The lowest BCUT2D eigenvalue weighted by Gasteiger charge is -2.26. The van der Waals surface area contributed by atoms with Gasteiger partial charge in [0.2, 0.25) is 5.91 Å². The van der Waals surface area contributed by atoms with Crippen LogP contribution >= 0.6 is 12.4 Å². The Labute approximate surface area is 90.3 Å². The van der Waals surface area contributed by atoms with E-state index >= 15 is 0 Å². The summed E-state index contributed by atoms with van der Waals surface area (Å²) in [4.78, 5) is 11.2. The zero-order chi connectivity index (χ0) is 9.52. The quantitative estimate of drug-likeness (QED) is 0.675. The van der Waals surface area contributed by atoms with Crippen LogP contribution in [0.15, 0.2) is 0 Å². The molecule has 0 radical (unpaired) electrons. The summed E-state index contributed by atoms with van der Waals surface area (Å²) in [5, 5.41) is 1.89. The molecule has 1 rings (SSSR count). The maximum Gasteiger partial charge on any atom is 0.234 e. The van der Waals surface area contributed by atoms with Crippen LogP contribution in [0.2, 0.25) is 0 Å². The molecular formula is C8H18ClN3O2. The summed E-state index contributed by atoms with van der Waals surface area (Å²) in [6.45, 7) is 3.49. The monoisotopic (exact) mass is 223 g/mol. The first-order chi connectivity index (χ1) is 6.33. The molecule has 0 saturated carbocycles. The van der Waals surface area contributed by atoms with Crippen LogP contribution in [0, 0.1) is 0 Å². The average Bonchev–Trinajstić information content (AvgIpc) is 2.16. The van der Waals surface area contributed by atoms with E-state index in [2.05, 4.69) is 5.43 Å². The van der Waals surface area contributed by atoms with Gasteiger partial charge in [0.05, 0.1) is 13.2 Å². The molecular weight excluding hydrogens is 206 g/mol. The van der Waals surface area contributed by atoms with Crippen LogP contribution in [-0.4, -0.2) is 43.8 Å². The van der Waals surface area contributed by atoms with Crippen molar-refractivity contribution < 1.29 is 9.53 Å². The van der Waals surface area contributed by atoms with E-state index in [1.807, 2.05) is 5.01 Å². The number of carbonyl (C=O) groups excluding carboxylic acids is 1. The minimum Gasteiger partial charge on any atom is -0.379 e. The Morgan fingerprint density at radius 3 is 2.64 bits per heavy atom. The number of amides is 1. The maximum atomic E-state index is 11.2. The summed E-state index contributed by atoms with van der Waals surface area (Å²) in [5.41, 5.74) is 8.11. The summed E-state index contributed by atoms with van der Waals surface area (Å²) in [6, 6.07) is 0. The van der Waals surface area contributed by atoms with Crippen molar-refractivity contribution >= 4 is 18.3 Å². The summed E-state index contributed by atoms with van der Waals surface area (Å²) >= 11 is 0. The van der Waals surface area contributed by atoms with Gasteiger partial charge in [0.15, 0.2) is 0 Å². The van der Waals surface area contributed by atoms with Gasteiger partial charge in [-0.25, -0.2) is 5.01 Å². The van der Waals surface area contributed by atoms with Gasteiger partial charge in [-0.3, -0.25) is 10.2 Å². The first kappa shape index (κ1) is 13.6. The van der Waals surface area contributed by atoms with Gasteiger partial charge in [-0.15, -0.1) is 12.4 Å². The molecule has 1 amide bonds. The summed E-state index contributed by atoms with van der Waals surface area (Å²) in [6.07, 6.45) is 1.25. The normalized spacial score (nSPS) is 17.2. The highest BCUT2D eigenvalue weighted by atomic mass is 35.5. The number of carbonyl (C=O) groups is 1. The Kier molecular flexibility index (Phi) is 7.78. The molecule has 84 valence electrons. The van der Waals surface area contributed by atoms with E-state index in [1.165, 1.54) is 0 Å². The van der Waals surface area contributed by atoms with Crippen molar-refractivity contribution in [3.8, 4) is 0 Å². The minimum absolute atomic E-state index is 0. The number of hydrogen-bond donors (Lipinski definition) is 2. The SMILES string of the molecule is Cl.NCCCC(=O)NN1CCOCC1. The molecule has 1 aliphatic heterocycles. The number of morpholine rings is 1. The van der Waals surface area contributed by atoms with Crippen LogP contribution in [0.3, 0.4) is 0 Å². The van der Waals surface area contributed by atoms with Crippen molar-refractivity contribution in [3.05, 3.63) is 0 Å². The molecule has 0 atom stereocenters. The smallest absolute Gasteiger partial charge is 0.234 e. The van der Waals surface area contributed by atoms with E-state index in [4.69, 9.17) is 10.5 Å². The maximum absolute atomic E-state index is 11.2. The fourth-order valence-electron chi connectivity index (χ4n) is 1.17. The summed E-state index contributed by atoms with van der Waals surface area (Å²) in [7, 11) is 0. The van der Waals surface area contributed by atoms with Crippen molar-refractivity contribution in [2.45, 2.75) is 12.8 Å². The summed E-state index contributed by atoms with van der Waals surface area (Å²) in [5.74, 6) is 0.0485. The molecule has 14 heavy (non-hydrogen) atoms. The van der Waals surface area contributed by atoms with Gasteiger partial charge in [-0.05, 0) is 13.0 Å². The Balaban J connectivity index is 0.00000169. The molecule has 0 aliphatic carbocycles. The first-order valence-corrected chi connectivity index (χ1v) is 4.65. The number of nitrogens with one attached hydrogen (secondary N) is 1. The zero-order valence-electron chi connectivity index (χ0n) is 8.20. The predicted molar refractivity (Wildman–Crippen MR) is 56.1 cm³/mol. The molecule has 3 N–H and O–H groups in total. The van der Waals surface area contributed by atoms with Gasteiger partial charge in [-0.2, -0.15) is 0 Å². The van der Waals surface area contributed by atoms with Crippen molar-refractivity contribution in [1.82, 2.24) is 10.4 Å². The van der Waals surface area contributed by atoms with E-state index in [0.29, 0.717) is 26.2 Å². The van der Waals surface area contributed by atoms with Crippen LogP contribution in [0.4, 0.5) is 0 Å². The second-order valence-corrected chi connectivity index (χ2v) is 3.03. The topological polar surface area (TPSA) is 67.6 Å². The Hall–Kier alpha value is -0.360. The number of nitrogens with zero attached hydrogens (tertiary/aromatic N) is 1. The number of hydrazine groups is 1. The third-order valence-electron chi connectivity index (χ3n) is 1.90. The Bertz CT molecular complexity index is 163. The lowest BCUT2D eigenvalue weighted by atomic mass is 10.3. The van der Waals surface area contributed by atoms with Crippen LogP contribution in [0.5, 0.6) is 0 Å². The minimum atomic E-state index is 0. The second-order valence-electron chi connectivity index (χ2n) is 3.03. The van der Waals surface area contributed by atoms with Gasteiger partial charge in [0.1, 0.15) is 0 Å². The van der Waals surface area contributed by atoms with Crippen LogP contribution in [0.25, 0.3) is 0 Å². The molecule has 0 aromatic rings. The van der Waals surface area contributed by atoms with E-state index in [9.17, 15) is 4.79 Å². The van der Waals surface area contributed by atoms with Crippen molar-refractivity contribution in [3.63, 3.8) is 0 Å². The molecule has 1 fully saturated rings. The van der Waals surface area contributed by atoms with E-state index in [0.717, 1.165) is 19.5 Å². The molecule has 0 spiro atoms. The van der Waals surface area contributed by atoms with E-state index < -0.39 is 0 Å². The molecule has 1 saturated heterocycles. The fourth-order valence-corrected chi connectivity index (χ4v) is 1.17. The number of nitrogens with two attached hydrogens (primary N) is 1. The third kappa shape index (κ3) is 5.39. The molecule has 6 heteroatoms. The molecule has 5 nitrogen and oxygen atoms in total. The molecule has 1 heterocycles. The largest absolute Gasteiger partial charge is 0.379 e. The number of hydrogen-bond acceptors (Lipinski definition) is 4. The standard InChI is InChI=1S/C8H17N3O2.ClH/c9-3-1-2-8(12)10-11-4-6-13-7-5-11;/h1-7,9H2,(H,10,12);1H.